The molecule has 4 aromatic rings. The maximum absolute atomic E-state index is 13.7. The number of furan rings is 1. The van der Waals surface area contributed by atoms with Crippen LogP contribution in [0.15, 0.2) is 71.4 Å². The van der Waals surface area contributed by atoms with Gasteiger partial charge in [-0.1, -0.05) is 6.07 Å². The number of methoxy groups -OCH3 is 1. The second kappa shape index (κ2) is 9.83. The van der Waals surface area contributed by atoms with E-state index in [9.17, 15) is 4.79 Å². The van der Waals surface area contributed by atoms with Crippen LogP contribution in [0.4, 0.5) is 0 Å². The average Bonchev–Trinajstić information content (AvgIpc) is 3.48. The molecule has 1 amide bonds. The van der Waals surface area contributed by atoms with Gasteiger partial charge in [-0.25, -0.2) is 4.68 Å². The van der Waals surface area contributed by atoms with Crippen LogP contribution >= 0.6 is 0 Å². The van der Waals surface area contributed by atoms with Crippen molar-refractivity contribution in [1.82, 2.24) is 19.7 Å². The highest BCUT2D eigenvalue weighted by molar-refractivity contribution is 5.94. The van der Waals surface area contributed by atoms with Gasteiger partial charge in [-0.05, 0) is 55.0 Å². The topological polar surface area (TPSA) is 97.2 Å². The molecule has 0 bridgehead atoms. The first-order chi connectivity index (χ1) is 16.1. The van der Waals surface area contributed by atoms with E-state index >= 15 is 0 Å². The van der Waals surface area contributed by atoms with Gasteiger partial charge in [-0.2, -0.15) is 10.4 Å². The number of nitriles is 1. The van der Waals surface area contributed by atoms with E-state index < -0.39 is 0 Å². The summed E-state index contributed by atoms with van der Waals surface area (Å²) in [6.07, 6.45) is 3.61. The minimum atomic E-state index is -0.244. The van der Waals surface area contributed by atoms with Gasteiger partial charge < -0.3 is 14.1 Å². The maximum atomic E-state index is 13.7. The zero-order chi connectivity index (χ0) is 23.2. The van der Waals surface area contributed by atoms with Crippen LogP contribution in [0.2, 0.25) is 0 Å². The zero-order valence-electron chi connectivity index (χ0n) is 18.4. The van der Waals surface area contributed by atoms with Gasteiger partial charge >= 0.3 is 0 Å². The van der Waals surface area contributed by atoms with Crippen LogP contribution in [0.5, 0.6) is 5.75 Å². The molecule has 0 N–H and O–H groups in total. The lowest BCUT2D eigenvalue weighted by Crippen LogP contribution is -2.33. The second-order valence-corrected chi connectivity index (χ2v) is 7.43. The quantitative estimate of drug-likeness (QED) is 0.402. The van der Waals surface area contributed by atoms with Crippen LogP contribution in [0, 0.1) is 18.3 Å². The smallest absolute Gasteiger partial charge is 0.272 e. The first-order valence-corrected chi connectivity index (χ1v) is 10.5. The number of hydrogen-bond donors (Lipinski definition) is 0. The Morgan fingerprint density at radius 2 is 2.03 bits per heavy atom. The Kier molecular flexibility index (Phi) is 6.51. The van der Waals surface area contributed by atoms with Gasteiger partial charge in [0.1, 0.15) is 22.9 Å². The van der Waals surface area contributed by atoms with E-state index in [2.05, 4.69) is 16.2 Å². The molecule has 0 fully saturated rings. The first-order valence-electron chi connectivity index (χ1n) is 10.5. The molecular weight excluding hydrogens is 418 g/mol. The van der Waals surface area contributed by atoms with E-state index in [4.69, 9.17) is 14.4 Å². The standard InChI is InChI=1S/C25H23N5O3/c1-18-6-11-24(33-18)22-15-23(30(28-22)20-7-9-21(32-2)10-8-20)25(31)29(14-4-12-26)17-19-5-3-13-27-16-19/h3,5-11,13,15-16H,4,14,17H2,1-2H3. The Morgan fingerprint density at radius 1 is 1.21 bits per heavy atom. The first kappa shape index (κ1) is 21.8. The van der Waals surface area contributed by atoms with Gasteiger partial charge in [0.25, 0.3) is 5.91 Å². The lowest BCUT2D eigenvalue weighted by atomic mass is 10.2. The van der Waals surface area contributed by atoms with E-state index in [1.54, 1.807) is 35.2 Å². The van der Waals surface area contributed by atoms with E-state index in [-0.39, 0.29) is 18.9 Å². The maximum Gasteiger partial charge on any atom is 0.272 e. The Labute approximate surface area is 191 Å². The van der Waals surface area contributed by atoms with E-state index in [1.807, 2.05) is 55.5 Å². The highest BCUT2D eigenvalue weighted by Crippen LogP contribution is 2.26. The van der Waals surface area contributed by atoms with Gasteiger partial charge in [-0.3, -0.25) is 9.78 Å². The van der Waals surface area contributed by atoms with Crippen LogP contribution in [0.3, 0.4) is 0 Å². The molecule has 0 atom stereocenters. The number of ether oxygens (including phenoxy) is 1. The molecule has 3 heterocycles. The average molecular weight is 441 g/mol. The molecule has 0 spiro atoms. The number of benzene rings is 1. The molecule has 4 rings (SSSR count). The van der Waals surface area contributed by atoms with Crippen molar-refractivity contribution in [1.29, 1.82) is 5.26 Å². The molecule has 0 radical (unpaired) electrons. The van der Waals surface area contributed by atoms with Crippen LogP contribution in [0.1, 0.15) is 28.2 Å². The molecule has 1 aromatic carbocycles. The number of carbonyl (C=O) groups is 1. The van der Waals surface area contributed by atoms with E-state index in [0.717, 1.165) is 11.3 Å². The van der Waals surface area contributed by atoms with Crippen molar-refractivity contribution in [3.63, 3.8) is 0 Å². The molecule has 0 aliphatic rings. The molecule has 166 valence electrons. The summed E-state index contributed by atoms with van der Waals surface area (Å²) in [6, 6.07) is 18.5. The predicted molar refractivity (Wildman–Crippen MR) is 122 cm³/mol. The molecule has 33 heavy (non-hydrogen) atoms. The zero-order valence-corrected chi connectivity index (χ0v) is 18.4. The number of rotatable bonds is 8. The van der Waals surface area contributed by atoms with Crippen molar-refractivity contribution < 1.29 is 13.9 Å². The number of carbonyl (C=O) groups excluding carboxylic acids is 1. The fraction of sp³-hybridized carbons (Fsp3) is 0.200. The molecule has 0 aliphatic heterocycles. The third kappa shape index (κ3) is 4.93. The SMILES string of the molecule is COc1ccc(-n2nc(-c3ccc(C)o3)cc2C(=O)N(CCC#N)Cc2cccnc2)cc1. The summed E-state index contributed by atoms with van der Waals surface area (Å²) in [4.78, 5) is 19.5. The number of amides is 1. The third-order valence-corrected chi connectivity index (χ3v) is 5.12. The fourth-order valence-corrected chi connectivity index (χ4v) is 3.46. The highest BCUT2D eigenvalue weighted by atomic mass is 16.5. The summed E-state index contributed by atoms with van der Waals surface area (Å²) in [5.74, 6) is 1.79. The van der Waals surface area contributed by atoms with Gasteiger partial charge in [-0.15, -0.1) is 0 Å². The molecule has 8 nitrogen and oxygen atoms in total. The number of hydrogen-bond acceptors (Lipinski definition) is 6. The predicted octanol–water partition coefficient (Wildman–Crippen LogP) is 4.40. The van der Waals surface area contributed by atoms with Crippen molar-refractivity contribution in [3.8, 4) is 29.0 Å². The monoisotopic (exact) mass is 441 g/mol. The lowest BCUT2D eigenvalue weighted by molar-refractivity contribution is 0.0737. The van der Waals surface area contributed by atoms with E-state index in [1.165, 1.54) is 0 Å². The minimum absolute atomic E-state index is 0.215. The van der Waals surface area contributed by atoms with Crippen molar-refractivity contribution in [2.75, 3.05) is 13.7 Å². The summed E-state index contributed by atoms with van der Waals surface area (Å²) in [7, 11) is 1.60. The van der Waals surface area contributed by atoms with Crippen LogP contribution in [0.25, 0.3) is 17.1 Å². The number of pyridine rings is 1. The summed E-state index contributed by atoms with van der Waals surface area (Å²) in [5.41, 5.74) is 2.49. The number of aromatic nitrogens is 3. The molecule has 8 heteroatoms. The summed E-state index contributed by atoms with van der Waals surface area (Å²) >= 11 is 0. The second-order valence-electron chi connectivity index (χ2n) is 7.43. The Hall–Kier alpha value is -4.38. The number of aryl methyl sites for hydroxylation is 1. The van der Waals surface area contributed by atoms with Gasteiger partial charge in [0, 0.05) is 31.5 Å². The van der Waals surface area contributed by atoms with Crippen LogP contribution < -0.4 is 4.74 Å². The number of nitrogens with zero attached hydrogens (tertiary/aromatic N) is 5. The van der Waals surface area contributed by atoms with E-state index in [0.29, 0.717) is 35.1 Å². The van der Waals surface area contributed by atoms with Crippen LogP contribution in [-0.4, -0.2) is 39.2 Å². The summed E-state index contributed by atoms with van der Waals surface area (Å²) < 4.78 is 12.6. The van der Waals surface area contributed by atoms with Crippen LogP contribution in [-0.2, 0) is 6.54 Å². The molecule has 0 saturated heterocycles. The van der Waals surface area contributed by atoms with Crippen molar-refractivity contribution in [3.05, 3.63) is 84.0 Å². The van der Waals surface area contributed by atoms with Gasteiger partial charge in [0.15, 0.2) is 5.76 Å². The molecule has 3 aromatic heterocycles. The summed E-state index contributed by atoms with van der Waals surface area (Å²) in [5, 5.41) is 13.8. The van der Waals surface area contributed by atoms with Gasteiger partial charge in [0.2, 0.25) is 0 Å². The molecule has 0 aliphatic carbocycles. The Morgan fingerprint density at radius 3 is 2.67 bits per heavy atom. The Bertz CT molecular complexity index is 1270. The minimum Gasteiger partial charge on any atom is -0.497 e. The van der Waals surface area contributed by atoms with Crippen molar-refractivity contribution in [2.45, 2.75) is 19.9 Å². The van der Waals surface area contributed by atoms with Crippen molar-refractivity contribution in [2.24, 2.45) is 0 Å². The van der Waals surface area contributed by atoms with Crippen molar-refractivity contribution >= 4 is 5.91 Å². The molecule has 0 saturated carbocycles. The largest absolute Gasteiger partial charge is 0.497 e. The molecule has 0 unspecified atom stereocenters. The normalized spacial score (nSPS) is 10.6. The lowest BCUT2D eigenvalue weighted by Gasteiger charge is -2.22. The third-order valence-electron chi connectivity index (χ3n) is 5.12. The Balaban J connectivity index is 1.76. The molecular formula is C25H23N5O3. The summed E-state index contributed by atoms with van der Waals surface area (Å²) in [6.45, 7) is 2.47. The fourth-order valence-electron chi connectivity index (χ4n) is 3.46. The van der Waals surface area contributed by atoms with Gasteiger partial charge in [0.05, 0.1) is 25.3 Å². The highest BCUT2D eigenvalue weighted by Gasteiger charge is 2.24.